The summed E-state index contributed by atoms with van der Waals surface area (Å²) in [5.41, 5.74) is 1.82. The normalized spacial score (nSPS) is 28.2. The fraction of sp³-hybridized carbons (Fsp3) is 0.667. The highest BCUT2D eigenvalue weighted by Crippen LogP contribution is 2.36. The Hall–Kier alpha value is -1.36. The Morgan fingerprint density at radius 3 is 3.06 bits per heavy atom. The number of amides is 1. The maximum Gasteiger partial charge on any atom is 0.274 e. The van der Waals surface area contributed by atoms with Crippen LogP contribution in [0, 0.1) is 12.3 Å². The number of aromatic amines is 1. The lowest BCUT2D eigenvalue weighted by Crippen LogP contribution is -2.33. The summed E-state index contributed by atoms with van der Waals surface area (Å²) in [5.74, 6) is 0.0677. The van der Waals surface area contributed by atoms with Gasteiger partial charge in [0.2, 0.25) is 0 Å². The van der Waals surface area contributed by atoms with Crippen LogP contribution in [0.3, 0.4) is 0 Å². The Balaban J connectivity index is 1.72. The zero-order chi connectivity index (χ0) is 11.9. The Morgan fingerprint density at radius 1 is 1.53 bits per heavy atom. The Kier molecular flexibility index (Phi) is 2.43. The second-order valence-electron chi connectivity index (χ2n) is 5.34. The van der Waals surface area contributed by atoms with Crippen molar-refractivity contribution in [3.8, 4) is 0 Å². The van der Waals surface area contributed by atoms with Crippen LogP contribution in [0.15, 0.2) is 6.07 Å². The van der Waals surface area contributed by atoms with Crippen LogP contribution >= 0.6 is 0 Å². The van der Waals surface area contributed by atoms with Gasteiger partial charge in [0, 0.05) is 30.7 Å². The molecule has 1 unspecified atom stereocenters. The third kappa shape index (κ3) is 1.84. The van der Waals surface area contributed by atoms with E-state index in [1.54, 1.807) is 0 Å². The molecule has 5 heteroatoms. The molecule has 3 heterocycles. The first kappa shape index (κ1) is 10.8. The minimum atomic E-state index is 0.0677. The van der Waals surface area contributed by atoms with E-state index in [0.29, 0.717) is 11.1 Å². The molecule has 1 amide bonds. The summed E-state index contributed by atoms with van der Waals surface area (Å²) in [7, 11) is 0. The fourth-order valence-electron chi connectivity index (χ4n) is 2.94. The number of nitrogens with one attached hydrogen (secondary N) is 2. The van der Waals surface area contributed by atoms with E-state index in [-0.39, 0.29) is 5.91 Å². The van der Waals surface area contributed by atoms with Crippen molar-refractivity contribution < 1.29 is 4.79 Å². The third-order valence-electron chi connectivity index (χ3n) is 3.98. The van der Waals surface area contributed by atoms with Gasteiger partial charge in [-0.3, -0.25) is 9.89 Å². The first-order chi connectivity index (χ1) is 8.19. The van der Waals surface area contributed by atoms with Crippen LogP contribution in [-0.4, -0.2) is 47.2 Å². The molecule has 0 saturated carbocycles. The minimum Gasteiger partial charge on any atom is -0.337 e. The molecule has 1 aromatic rings. The highest BCUT2D eigenvalue weighted by atomic mass is 16.2. The molecule has 0 radical (unpaired) electrons. The molecule has 1 spiro atoms. The number of hydrogen-bond acceptors (Lipinski definition) is 3. The van der Waals surface area contributed by atoms with Gasteiger partial charge in [0.25, 0.3) is 5.91 Å². The fourth-order valence-corrected chi connectivity index (χ4v) is 2.94. The van der Waals surface area contributed by atoms with Gasteiger partial charge in [0.05, 0.1) is 0 Å². The van der Waals surface area contributed by atoms with Crippen molar-refractivity contribution in [2.45, 2.75) is 19.8 Å². The van der Waals surface area contributed by atoms with Crippen LogP contribution in [0.5, 0.6) is 0 Å². The van der Waals surface area contributed by atoms with Crippen molar-refractivity contribution in [2.75, 3.05) is 26.2 Å². The zero-order valence-corrected chi connectivity index (χ0v) is 10.1. The smallest absolute Gasteiger partial charge is 0.274 e. The van der Waals surface area contributed by atoms with Crippen LogP contribution < -0.4 is 5.32 Å². The molecule has 2 fully saturated rings. The summed E-state index contributed by atoms with van der Waals surface area (Å²) < 4.78 is 0. The molecule has 17 heavy (non-hydrogen) atoms. The molecule has 0 bridgehead atoms. The zero-order valence-electron chi connectivity index (χ0n) is 10.1. The van der Waals surface area contributed by atoms with Gasteiger partial charge >= 0.3 is 0 Å². The molecule has 1 aromatic heterocycles. The standard InChI is InChI=1S/C12H18N4O/c1-9-6-10(15-14-9)11(17)16-5-3-12(8-16)2-4-13-7-12/h6,13H,2-5,7-8H2,1H3,(H,14,15). The molecule has 1 atom stereocenters. The Morgan fingerprint density at radius 2 is 2.41 bits per heavy atom. The number of likely N-dealkylation sites (tertiary alicyclic amines) is 1. The molecule has 2 aliphatic heterocycles. The average Bonchev–Trinajstić information content (AvgIpc) is 3.02. The van der Waals surface area contributed by atoms with Crippen LogP contribution in [0.4, 0.5) is 0 Å². The van der Waals surface area contributed by atoms with Crippen molar-refractivity contribution >= 4 is 5.91 Å². The van der Waals surface area contributed by atoms with E-state index < -0.39 is 0 Å². The van der Waals surface area contributed by atoms with Gasteiger partial charge in [0.1, 0.15) is 5.69 Å². The molecular weight excluding hydrogens is 216 g/mol. The number of rotatable bonds is 1. The Labute approximate surface area is 101 Å². The number of hydrogen-bond donors (Lipinski definition) is 2. The summed E-state index contributed by atoms with van der Waals surface area (Å²) in [5, 5.41) is 10.3. The van der Waals surface area contributed by atoms with Crippen molar-refractivity contribution in [3.05, 3.63) is 17.5 Å². The molecular formula is C12H18N4O. The van der Waals surface area contributed by atoms with E-state index in [1.807, 2.05) is 17.9 Å². The van der Waals surface area contributed by atoms with Gasteiger partial charge in [-0.15, -0.1) is 0 Å². The molecule has 5 nitrogen and oxygen atoms in total. The monoisotopic (exact) mass is 234 g/mol. The molecule has 0 aromatic carbocycles. The van der Waals surface area contributed by atoms with Gasteiger partial charge in [-0.25, -0.2) is 0 Å². The lowest BCUT2D eigenvalue weighted by molar-refractivity contribution is 0.0770. The molecule has 2 aliphatic rings. The first-order valence-corrected chi connectivity index (χ1v) is 6.21. The SMILES string of the molecule is Cc1cc(C(=O)N2CCC3(CCNC3)C2)n[nH]1. The second-order valence-corrected chi connectivity index (χ2v) is 5.34. The number of carbonyl (C=O) groups excluding carboxylic acids is 1. The van der Waals surface area contributed by atoms with Gasteiger partial charge in [-0.05, 0) is 32.4 Å². The number of H-pyrrole nitrogens is 1. The van der Waals surface area contributed by atoms with E-state index in [0.717, 1.165) is 38.3 Å². The van der Waals surface area contributed by atoms with Gasteiger partial charge in [-0.1, -0.05) is 0 Å². The van der Waals surface area contributed by atoms with Crippen LogP contribution in [-0.2, 0) is 0 Å². The molecule has 3 rings (SSSR count). The van der Waals surface area contributed by atoms with Crippen molar-refractivity contribution in [2.24, 2.45) is 5.41 Å². The summed E-state index contributed by atoms with van der Waals surface area (Å²) >= 11 is 0. The summed E-state index contributed by atoms with van der Waals surface area (Å²) in [4.78, 5) is 14.2. The molecule has 0 aliphatic carbocycles. The topological polar surface area (TPSA) is 61.0 Å². The van der Waals surface area contributed by atoms with Gasteiger partial charge in [-0.2, -0.15) is 5.10 Å². The largest absolute Gasteiger partial charge is 0.337 e. The predicted molar refractivity (Wildman–Crippen MR) is 63.8 cm³/mol. The number of nitrogens with zero attached hydrogens (tertiary/aromatic N) is 2. The lowest BCUT2D eigenvalue weighted by Gasteiger charge is -2.22. The number of aryl methyl sites for hydroxylation is 1. The van der Waals surface area contributed by atoms with Gasteiger partial charge < -0.3 is 10.2 Å². The maximum absolute atomic E-state index is 12.2. The molecule has 92 valence electrons. The lowest BCUT2D eigenvalue weighted by atomic mass is 9.87. The third-order valence-corrected chi connectivity index (χ3v) is 3.98. The minimum absolute atomic E-state index is 0.0677. The summed E-state index contributed by atoms with van der Waals surface area (Å²) in [6, 6.07) is 1.82. The Bertz CT molecular complexity index is 433. The van der Waals surface area contributed by atoms with Gasteiger partial charge in [0.15, 0.2) is 0 Å². The highest BCUT2D eigenvalue weighted by molar-refractivity contribution is 5.92. The first-order valence-electron chi connectivity index (χ1n) is 6.21. The van der Waals surface area contributed by atoms with E-state index >= 15 is 0 Å². The van der Waals surface area contributed by atoms with E-state index in [1.165, 1.54) is 6.42 Å². The van der Waals surface area contributed by atoms with E-state index in [2.05, 4.69) is 15.5 Å². The van der Waals surface area contributed by atoms with Crippen LogP contribution in [0.25, 0.3) is 0 Å². The van der Waals surface area contributed by atoms with Crippen molar-refractivity contribution in [1.82, 2.24) is 20.4 Å². The summed E-state index contributed by atoms with van der Waals surface area (Å²) in [6.45, 7) is 5.80. The van der Waals surface area contributed by atoms with Crippen molar-refractivity contribution in [1.29, 1.82) is 0 Å². The molecule has 2 saturated heterocycles. The second kappa shape index (κ2) is 3.84. The van der Waals surface area contributed by atoms with E-state index in [4.69, 9.17) is 0 Å². The average molecular weight is 234 g/mol. The van der Waals surface area contributed by atoms with Crippen molar-refractivity contribution in [3.63, 3.8) is 0 Å². The quantitative estimate of drug-likeness (QED) is 0.745. The predicted octanol–water partition coefficient (Wildman–Crippen LogP) is 0.544. The van der Waals surface area contributed by atoms with E-state index in [9.17, 15) is 4.79 Å². The summed E-state index contributed by atoms with van der Waals surface area (Å²) in [6.07, 6.45) is 2.31. The maximum atomic E-state index is 12.2. The number of carbonyl (C=O) groups is 1. The highest BCUT2D eigenvalue weighted by Gasteiger charge is 2.42. The van der Waals surface area contributed by atoms with Crippen LogP contribution in [0.2, 0.25) is 0 Å². The number of aromatic nitrogens is 2. The molecule has 2 N–H and O–H groups in total. The van der Waals surface area contributed by atoms with Crippen LogP contribution in [0.1, 0.15) is 29.0 Å².